The zero-order chi connectivity index (χ0) is 17.1. The fourth-order valence-electron chi connectivity index (χ4n) is 4.73. The molecule has 4 rings (SSSR count). The number of nitrogens with zero attached hydrogens (tertiary/aromatic N) is 2. The summed E-state index contributed by atoms with van der Waals surface area (Å²) in [7, 11) is 0. The van der Waals surface area contributed by atoms with Crippen molar-refractivity contribution in [2.45, 2.75) is 56.9 Å². The van der Waals surface area contributed by atoms with E-state index in [0.29, 0.717) is 24.3 Å². The number of piperidine rings is 2. The van der Waals surface area contributed by atoms with Crippen LogP contribution in [-0.4, -0.2) is 54.5 Å². The topological polar surface area (TPSA) is 32.8 Å². The monoisotopic (exact) mass is 342 g/mol. The third kappa shape index (κ3) is 3.84. The van der Waals surface area contributed by atoms with Crippen molar-refractivity contribution in [1.29, 1.82) is 0 Å². The largest absolute Gasteiger partial charge is 0.493 e. The minimum absolute atomic E-state index is 0.313. The lowest BCUT2D eigenvalue weighted by molar-refractivity contribution is -0.134. The van der Waals surface area contributed by atoms with E-state index in [4.69, 9.17) is 4.74 Å². The summed E-state index contributed by atoms with van der Waals surface area (Å²) in [6, 6.07) is 8.80. The first kappa shape index (κ1) is 16.9. The van der Waals surface area contributed by atoms with Crippen LogP contribution in [0.3, 0.4) is 0 Å². The Balaban J connectivity index is 1.38. The summed E-state index contributed by atoms with van der Waals surface area (Å²) < 4.78 is 5.75. The standard InChI is InChI=1S/C21H30N2O2/c24-21(15-17-10-14-25-20-9-3-2-8-19(17)20)23-13-6-7-18(16-23)22-11-4-1-5-12-22/h2-3,8-9,17-18H,1,4-7,10-16H2/t17-,18-/m1/s1. The second kappa shape index (κ2) is 7.77. The number of likely N-dealkylation sites (tertiary alicyclic amines) is 2. The van der Waals surface area contributed by atoms with Gasteiger partial charge >= 0.3 is 0 Å². The van der Waals surface area contributed by atoms with Gasteiger partial charge in [-0.1, -0.05) is 24.6 Å². The zero-order valence-corrected chi connectivity index (χ0v) is 15.2. The van der Waals surface area contributed by atoms with Crippen LogP contribution in [0.2, 0.25) is 0 Å². The Kier molecular flexibility index (Phi) is 5.25. The minimum atomic E-state index is 0.313. The average molecular weight is 342 g/mol. The minimum Gasteiger partial charge on any atom is -0.493 e. The van der Waals surface area contributed by atoms with Gasteiger partial charge in [0, 0.05) is 25.6 Å². The van der Waals surface area contributed by atoms with Crippen LogP contribution >= 0.6 is 0 Å². The molecule has 2 atom stereocenters. The first-order valence-corrected chi connectivity index (χ1v) is 10.0. The normalized spacial score (nSPS) is 27.4. The maximum Gasteiger partial charge on any atom is 0.223 e. The van der Waals surface area contributed by atoms with Crippen molar-refractivity contribution in [3.63, 3.8) is 0 Å². The highest BCUT2D eigenvalue weighted by molar-refractivity contribution is 5.77. The van der Waals surface area contributed by atoms with Crippen LogP contribution in [0.15, 0.2) is 24.3 Å². The van der Waals surface area contributed by atoms with E-state index in [0.717, 1.165) is 38.3 Å². The smallest absolute Gasteiger partial charge is 0.223 e. The highest BCUT2D eigenvalue weighted by Crippen LogP contribution is 2.36. The molecule has 0 N–H and O–H groups in total. The van der Waals surface area contributed by atoms with Gasteiger partial charge in [-0.25, -0.2) is 0 Å². The number of benzene rings is 1. The van der Waals surface area contributed by atoms with Crippen molar-refractivity contribution in [1.82, 2.24) is 9.80 Å². The van der Waals surface area contributed by atoms with Crippen molar-refractivity contribution in [3.05, 3.63) is 29.8 Å². The molecule has 3 aliphatic rings. The fourth-order valence-corrected chi connectivity index (χ4v) is 4.73. The van der Waals surface area contributed by atoms with Crippen molar-refractivity contribution in [3.8, 4) is 5.75 Å². The van der Waals surface area contributed by atoms with E-state index in [2.05, 4.69) is 21.9 Å². The number of rotatable bonds is 3. The second-order valence-corrected chi connectivity index (χ2v) is 7.81. The number of carbonyl (C=O) groups is 1. The number of amides is 1. The first-order chi connectivity index (χ1) is 12.3. The quantitative estimate of drug-likeness (QED) is 0.844. The molecule has 0 bridgehead atoms. The van der Waals surface area contributed by atoms with Crippen molar-refractivity contribution in [2.75, 3.05) is 32.8 Å². The van der Waals surface area contributed by atoms with E-state index in [1.54, 1.807) is 0 Å². The van der Waals surface area contributed by atoms with Crippen LogP contribution in [-0.2, 0) is 4.79 Å². The number of carbonyl (C=O) groups excluding carboxylic acids is 1. The number of ether oxygens (including phenoxy) is 1. The summed E-state index contributed by atoms with van der Waals surface area (Å²) in [5.41, 5.74) is 1.21. The maximum atomic E-state index is 13.0. The summed E-state index contributed by atoms with van der Waals surface area (Å²) in [5.74, 6) is 1.62. The summed E-state index contributed by atoms with van der Waals surface area (Å²) in [6.07, 6.45) is 8.00. The van der Waals surface area contributed by atoms with Crippen LogP contribution in [0.1, 0.15) is 56.4 Å². The number of hydrogen-bond acceptors (Lipinski definition) is 3. The SMILES string of the molecule is O=C(C[C@H]1CCOc2ccccc21)N1CCC[C@@H](N2CCCCC2)C1. The Bertz CT molecular complexity index is 597. The van der Waals surface area contributed by atoms with Gasteiger partial charge in [-0.3, -0.25) is 9.69 Å². The molecule has 0 saturated carbocycles. The lowest BCUT2D eigenvalue weighted by Gasteiger charge is -2.41. The van der Waals surface area contributed by atoms with Crippen LogP contribution in [0.5, 0.6) is 5.75 Å². The van der Waals surface area contributed by atoms with E-state index in [9.17, 15) is 4.79 Å². The highest BCUT2D eigenvalue weighted by atomic mass is 16.5. The third-order valence-corrected chi connectivity index (χ3v) is 6.16. The van der Waals surface area contributed by atoms with Gasteiger partial charge in [0.05, 0.1) is 6.61 Å². The highest BCUT2D eigenvalue weighted by Gasteiger charge is 2.31. The molecule has 25 heavy (non-hydrogen) atoms. The Morgan fingerprint density at radius 1 is 1.04 bits per heavy atom. The van der Waals surface area contributed by atoms with Crippen LogP contribution in [0.25, 0.3) is 0 Å². The summed E-state index contributed by atoms with van der Waals surface area (Å²) in [6.45, 7) is 5.04. The van der Waals surface area contributed by atoms with Crippen LogP contribution in [0, 0.1) is 0 Å². The predicted octanol–water partition coefficient (Wildman–Crippen LogP) is 3.42. The van der Waals surface area contributed by atoms with Gasteiger partial charge in [0.1, 0.15) is 5.75 Å². The molecule has 0 radical (unpaired) electrons. The third-order valence-electron chi connectivity index (χ3n) is 6.16. The lowest BCUT2D eigenvalue weighted by Crippen LogP contribution is -2.51. The molecule has 0 aromatic heterocycles. The molecule has 1 aromatic carbocycles. The molecule has 3 aliphatic heterocycles. The first-order valence-electron chi connectivity index (χ1n) is 10.0. The van der Waals surface area contributed by atoms with Crippen molar-refractivity contribution in [2.24, 2.45) is 0 Å². The van der Waals surface area contributed by atoms with E-state index in [1.165, 1.54) is 44.3 Å². The fraction of sp³-hybridized carbons (Fsp3) is 0.667. The molecule has 2 saturated heterocycles. The van der Waals surface area contributed by atoms with E-state index < -0.39 is 0 Å². The molecular formula is C21H30N2O2. The number of fused-ring (bicyclic) bond motifs is 1. The summed E-state index contributed by atoms with van der Waals surface area (Å²) >= 11 is 0. The van der Waals surface area contributed by atoms with Gasteiger partial charge in [0.25, 0.3) is 0 Å². The van der Waals surface area contributed by atoms with E-state index in [-0.39, 0.29) is 0 Å². The number of hydrogen-bond donors (Lipinski definition) is 0. The molecule has 2 fully saturated rings. The van der Waals surface area contributed by atoms with Gasteiger partial charge in [-0.2, -0.15) is 0 Å². The molecule has 3 heterocycles. The Hall–Kier alpha value is -1.55. The predicted molar refractivity (Wildman–Crippen MR) is 98.9 cm³/mol. The molecule has 4 heteroatoms. The Labute approximate surface area is 151 Å². The molecule has 0 spiro atoms. The molecular weight excluding hydrogens is 312 g/mol. The Morgan fingerprint density at radius 2 is 1.88 bits per heavy atom. The zero-order valence-electron chi connectivity index (χ0n) is 15.2. The molecule has 0 aliphatic carbocycles. The summed E-state index contributed by atoms with van der Waals surface area (Å²) in [4.78, 5) is 17.7. The Morgan fingerprint density at radius 3 is 2.76 bits per heavy atom. The number of para-hydroxylation sites is 1. The molecule has 1 amide bonds. The lowest BCUT2D eigenvalue weighted by atomic mass is 9.89. The second-order valence-electron chi connectivity index (χ2n) is 7.81. The van der Waals surface area contributed by atoms with Crippen LogP contribution in [0.4, 0.5) is 0 Å². The molecule has 1 aromatic rings. The van der Waals surface area contributed by atoms with Gasteiger partial charge < -0.3 is 9.64 Å². The van der Waals surface area contributed by atoms with Crippen LogP contribution < -0.4 is 4.74 Å². The van der Waals surface area contributed by atoms with Gasteiger partial charge in [-0.05, 0) is 62.7 Å². The van der Waals surface area contributed by atoms with Gasteiger partial charge in [-0.15, -0.1) is 0 Å². The van der Waals surface area contributed by atoms with E-state index >= 15 is 0 Å². The van der Waals surface area contributed by atoms with Crippen molar-refractivity contribution >= 4 is 5.91 Å². The van der Waals surface area contributed by atoms with Gasteiger partial charge in [0.2, 0.25) is 5.91 Å². The molecule has 0 unspecified atom stereocenters. The average Bonchev–Trinajstić information content (AvgIpc) is 2.69. The van der Waals surface area contributed by atoms with Crippen molar-refractivity contribution < 1.29 is 9.53 Å². The van der Waals surface area contributed by atoms with E-state index in [1.807, 2.05) is 12.1 Å². The van der Waals surface area contributed by atoms with Gasteiger partial charge in [0.15, 0.2) is 0 Å². The molecule has 136 valence electrons. The maximum absolute atomic E-state index is 13.0. The summed E-state index contributed by atoms with van der Waals surface area (Å²) in [5, 5.41) is 0. The molecule has 4 nitrogen and oxygen atoms in total.